The van der Waals surface area contributed by atoms with Crippen molar-refractivity contribution >= 4 is 46.6 Å². The monoisotopic (exact) mass is 465 g/mol. The molecule has 8 heteroatoms. The van der Waals surface area contributed by atoms with Gasteiger partial charge in [0.25, 0.3) is 0 Å². The van der Waals surface area contributed by atoms with Gasteiger partial charge in [-0.05, 0) is 62.4 Å². The number of esters is 1. The van der Waals surface area contributed by atoms with Gasteiger partial charge in [0.05, 0.1) is 10.0 Å². The first-order chi connectivity index (χ1) is 14.3. The normalized spacial score (nSPS) is 10.7. The van der Waals surface area contributed by atoms with E-state index in [9.17, 15) is 9.59 Å². The minimum absolute atomic E-state index is 0.308. The number of ketones is 1. The predicted octanol–water partition coefficient (Wildman–Crippen LogP) is 5.86. The number of halogens is 3. The van der Waals surface area contributed by atoms with E-state index in [1.54, 1.807) is 42.5 Å². The van der Waals surface area contributed by atoms with Crippen LogP contribution in [-0.2, 0) is 9.53 Å². The highest BCUT2D eigenvalue weighted by Crippen LogP contribution is 2.28. The standard InChI is InChI=1S/C22H18Cl3NO4/c1-13-9-18(14(2)26(13)16-5-8-19(24)20(25)10-16)21(27)11-30-22(28)12-29-17-6-3-15(23)4-7-17/h3-10H,11-12H2,1-2H3. The van der Waals surface area contributed by atoms with Crippen molar-refractivity contribution in [3.05, 3.63) is 80.6 Å². The van der Waals surface area contributed by atoms with Gasteiger partial charge in [-0.25, -0.2) is 4.79 Å². The van der Waals surface area contributed by atoms with Gasteiger partial charge in [-0.15, -0.1) is 0 Å². The molecule has 0 aliphatic rings. The van der Waals surface area contributed by atoms with Gasteiger partial charge in [-0.2, -0.15) is 0 Å². The highest BCUT2D eigenvalue weighted by molar-refractivity contribution is 6.42. The summed E-state index contributed by atoms with van der Waals surface area (Å²) in [6.45, 7) is 3.00. The van der Waals surface area contributed by atoms with E-state index >= 15 is 0 Å². The molecule has 0 N–H and O–H groups in total. The number of Topliss-reactive ketones (excluding diaryl/α,β-unsaturated/α-hetero) is 1. The molecule has 0 amide bonds. The van der Waals surface area contributed by atoms with Crippen LogP contribution in [0, 0.1) is 13.8 Å². The highest BCUT2D eigenvalue weighted by atomic mass is 35.5. The summed E-state index contributed by atoms with van der Waals surface area (Å²) in [6, 6.07) is 13.6. The molecule has 0 aliphatic heterocycles. The van der Waals surface area contributed by atoms with E-state index in [1.165, 1.54) is 0 Å². The molecule has 3 rings (SSSR count). The van der Waals surface area contributed by atoms with Crippen molar-refractivity contribution in [1.29, 1.82) is 0 Å². The van der Waals surface area contributed by atoms with E-state index in [0.717, 1.165) is 11.4 Å². The average Bonchev–Trinajstić information content (AvgIpc) is 3.02. The van der Waals surface area contributed by atoms with E-state index in [1.807, 2.05) is 24.5 Å². The van der Waals surface area contributed by atoms with Gasteiger partial charge in [0, 0.05) is 27.7 Å². The van der Waals surface area contributed by atoms with Crippen LogP contribution in [0.15, 0.2) is 48.5 Å². The minimum atomic E-state index is -0.642. The van der Waals surface area contributed by atoms with Crippen LogP contribution in [0.4, 0.5) is 0 Å². The van der Waals surface area contributed by atoms with Crippen molar-refractivity contribution in [3.63, 3.8) is 0 Å². The number of aromatic nitrogens is 1. The fourth-order valence-electron chi connectivity index (χ4n) is 3.01. The first-order valence-electron chi connectivity index (χ1n) is 8.98. The molecule has 0 saturated carbocycles. The van der Waals surface area contributed by atoms with Crippen molar-refractivity contribution in [2.45, 2.75) is 13.8 Å². The van der Waals surface area contributed by atoms with Crippen LogP contribution < -0.4 is 4.74 Å². The summed E-state index contributed by atoms with van der Waals surface area (Å²) in [5.74, 6) is -0.473. The molecule has 5 nitrogen and oxygen atoms in total. The summed E-state index contributed by atoms with van der Waals surface area (Å²) < 4.78 is 12.3. The molecule has 0 aliphatic carbocycles. The van der Waals surface area contributed by atoms with E-state index in [0.29, 0.717) is 32.1 Å². The Bertz CT molecular complexity index is 1090. The Hall–Kier alpha value is -2.47. The molecule has 2 aromatic carbocycles. The molecule has 30 heavy (non-hydrogen) atoms. The van der Waals surface area contributed by atoms with Crippen LogP contribution in [-0.4, -0.2) is 29.5 Å². The summed E-state index contributed by atoms with van der Waals surface area (Å²) in [7, 11) is 0. The van der Waals surface area contributed by atoms with Crippen LogP contribution in [0.5, 0.6) is 5.75 Å². The van der Waals surface area contributed by atoms with Crippen molar-refractivity contribution in [3.8, 4) is 11.4 Å². The lowest BCUT2D eigenvalue weighted by atomic mass is 10.1. The number of carbonyl (C=O) groups is 2. The third kappa shape index (κ3) is 5.17. The molecule has 1 heterocycles. The average molecular weight is 467 g/mol. The van der Waals surface area contributed by atoms with Crippen LogP contribution in [0.3, 0.4) is 0 Å². The van der Waals surface area contributed by atoms with Crippen LogP contribution in [0.25, 0.3) is 5.69 Å². The quantitative estimate of drug-likeness (QED) is 0.323. The predicted molar refractivity (Wildman–Crippen MR) is 117 cm³/mol. The third-order valence-electron chi connectivity index (χ3n) is 4.43. The van der Waals surface area contributed by atoms with Gasteiger partial charge in [0.1, 0.15) is 5.75 Å². The van der Waals surface area contributed by atoms with Crippen molar-refractivity contribution in [2.75, 3.05) is 13.2 Å². The van der Waals surface area contributed by atoms with Gasteiger partial charge in [0.15, 0.2) is 13.2 Å². The first-order valence-corrected chi connectivity index (χ1v) is 10.1. The second-order valence-electron chi connectivity index (χ2n) is 6.55. The fourth-order valence-corrected chi connectivity index (χ4v) is 3.42. The number of hydrogen-bond acceptors (Lipinski definition) is 4. The summed E-state index contributed by atoms with van der Waals surface area (Å²) in [6.07, 6.45) is 0. The Morgan fingerprint density at radius 2 is 1.60 bits per heavy atom. The third-order valence-corrected chi connectivity index (χ3v) is 5.42. The lowest BCUT2D eigenvalue weighted by Gasteiger charge is -2.11. The molecule has 1 aromatic heterocycles. The largest absolute Gasteiger partial charge is 0.482 e. The maximum Gasteiger partial charge on any atom is 0.344 e. The van der Waals surface area contributed by atoms with Gasteiger partial charge >= 0.3 is 5.97 Å². The SMILES string of the molecule is Cc1cc(C(=O)COC(=O)COc2ccc(Cl)cc2)c(C)n1-c1ccc(Cl)c(Cl)c1. The molecule has 0 atom stereocenters. The number of benzene rings is 2. The number of hydrogen-bond donors (Lipinski definition) is 0. The molecule has 0 spiro atoms. The summed E-state index contributed by atoms with van der Waals surface area (Å²) >= 11 is 17.9. The van der Waals surface area contributed by atoms with E-state index in [2.05, 4.69) is 0 Å². The first kappa shape index (κ1) is 22.2. The summed E-state index contributed by atoms with van der Waals surface area (Å²) in [4.78, 5) is 24.5. The van der Waals surface area contributed by atoms with E-state index in [4.69, 9.17) is 44.3 Å². The number of rotatable bonds is 7. The topological polar surface area (TPSA) is 57.5 Å². The van der Waals surface area contributed by atoms with Gasteiger partial charge in [-0.1, -0.05) is 34.8 Å². The van der Waals surface area contributed by atoms with Gasteiger partial charge in [-0.3, -0.25) is 4.79 Å². The molecular weight excluding hydrogens is 449 g/mol. The summed E-state index contributed by atoms with van der Waals surface area (Å²) in [5, 5.41) is 1.44. The Labute approximate surface area is 189 Å². The Kier molecular flexibility index (Phi) is 7.08. The molecule has 0 fully saturated rings. The highest BCUT2D eigenvalue weighted by Gasteiger charge is 2.19. The van der Waals surface area contributed by atoms with Crippen LogP contribution in [0.1, 0.15) is 21.7 Å². The molecule has 156 valence electrons. The van der Waals surface area contributed by atoms with Gasteiger partial charge < -0.3 is 14.0 Å². The number of nitrogens with zero attached hydrogens (tertiary/aromatic N) is 1. The second-order valence-corrected chi connectivity index (χ2v) is 7.80. The Morgan fingerprint density at radius 1 is 0.900 bits per heavy atom. The molecule has 0 radical (unpaired) electrons. The van der Waals surface area contributed by atoms with Crippen molar-refractivity contribution in [2.24, 2.45) is 0 Å². The molecular formula is C22H18Cl3NO4. The maximum atomic E-state index is 12.6. The van der Waals surface area contributed by atoms with Gasteiger partial charge in [0.2, 0.25) is 5.78 Å². The molecule has 3 aromatic rings. The fraction of sp³-hybridized carbons (Fsp3) is 0.182. The zero-order chi connectivity index (χ0) is 21.8. The van der Waals surface area contributed by atoms with Crippen LogP contribution in [0.2, 0.25) is 15.1 Å². The lowest BCUT2D eigenvalue weighted by Crippen LogP contribution is -2.19. The maximum absolute atomic E-state index is 12.6. The van der Waals surface area contributed by atoms with Crippen LogP contribution >= 0.6 is 34.8 Å². The van der Waals surface area contributed by atoms with Crippen molar-refractivity contribution < 1.29 is 19.1 Å². The number of ether oxygens (including phenoxy) is 2. The lowest BCUT2D eigenvalue weighted by molar-refractivity contribution is -0.144. The van der Waals surface area contributed by atoms with E-state index in [-0.39, 0.29) is 19.0 Å². The minimum Gasteiger partial charge on any atom is -0.482 e. The number of aryl methyl sites for hydroxylation is 1. The zero-order valence-corrected chi connectivity index (χ0v) is 18.5. The number of carbonyl (C=O) groups excluding carboxylic acids is 2. The zero-order valence-electron chi connectivity index (χ0n) is 16.2. The van der Waals surface area contributed by atoms with Crippen molar-refractivity contribution in [1.82, 2.24) is 4.57 Å². The Morgan fingerprint density at radius 3 is 2.27 bits per heavy atom. The summed E-state index contributed by atoms with van der Waals surface area (Å²) in [5.41, 5.74) is 2.80. The molecule has 0 bridgehead atoms. The second kappa shape index (κ2) is 9.56. The molecule has 0 saturated heterocycles. The smallest absolute Gasteiger partial charge is 0.344 e. The van der Waals surface area contributed by atoms with E-state index < -0.39 is 5.97 Å². The molecule has 0 unspecified atom stereocenters. The Balaban J connectivity index is 1.63.